The summed E-state index contributed by atoms with van der Waals surface area (Å²) in [6.07, 6.45) is 1.63. The highest BCUT2D eigenvalue weighted by atomic mass is 16.5. The quantitative estimate of drug-likeness (QED) is 0.839. The third-order valence-corrected chi connectivity index (χ3v) is 3.17. The molecular weight excluding hydrogens is 296 g/mol. The van der Waals surface area contributed by atoms with Crippen molar-refractivity contribution in [1.82, 2.24) is 20.3 Å². The Morgan fingerprint density at radius 2 is 2.09 bits per heavy atom. The van der Waals surface area contributed by atoms with Gasteiger partial charge < -0.3 is 15.2 Å². The number of benzene rings is 1. The van der Waals surface area contributed by atoms with Gasteiger partial charge in [-0.2, -0.15) is 0 Å². The lowest BCUT2D eigenvalue weighted by Crippen LogP contribution is -2.24. The van der Waals surface area contributed by atoms with E-state index in [1.165, 1.54) is 0 Å². The first-order chi connectivity index (χ1) is 10.9. The Kier molecular flexibility index (Phi) is 5.33. The molecule has 0 saturated carbocycles. The van der Waals surface area contributed by atoms with Gasteiger partial charge in [-0.1, -0.05) is 23.4 Å². The van der Waals surface area contributed by atoms with Crippen LogP contribution in [-0.4, -0.2) is 39.2 Å². The predicted molar refractivity (Wildman–Crippen MR) is 85.2 cm³/mol. The number of rotatable bonds is 6. The molecule has 0 unspecified atom stereocenters. The molecule has 124 valence electrons. The number of nitrogens with zero attached hydrogens (tertiary/aromatic N) is 3. The maximum Gasteiger partial charge on any atom is 0.273 e. The highest BCUT2D eigenvalue weighted by Gasteiger charge is 2.18. The Labute approximate surface area is 135 Å². The molecule has 7 nitrogen and oxygen atoms in total. The number of para-hydroxylation sites is 1. The van der Waals surface area contributed by atoms with Crippen LogP contribution < -0.4 is 10.1 Å². The Hall–Kier alpha value is -2.41. The summed E-state index contributed by atoms with van der Waals surface area (Å²) in [5.74, 6) is 0.345. The van der Waals surface area contributed by atoms with Gasteiger partial charge in [0.2, 0.25) is 0 Å². The van der Waals surface area contributed by atoms with Gasteiger partial charge >= 0.3 is 0 Å². The van der Waals surface area contributed by atoms with Crippen molar-refractivity contribution in [2.24, 2.45) is 0 Å². The zero-order valence-corrected chi connectivity index (χ0v) is 13.6. The van der Waals surface area contributed by atoms with E-state index in [1.807, 2.05) is 39.0 Å². The number of hydrogen-bond acceptors (Lipinski definition) is 5. The van der Waals surface area contributed by atoms with Gasteiger partial charge in [-0.05, 0) is 26.8 Å². The minimum absolute atomic E-state index is 0.0589. The van der Waals surface area contributed by atoms with Crippen molar-refractivity contribution in [3.63, 3.8) is 0 Å². The van der Waals surface area contributed by atoms with Crippen LogP contribution in [0.15, 0.2) is 30.5 Å². The van der Waals surface area contributed by atoms with Crippen molar-refractivity contribution in [1.29, 1.82) is 0 Å². The second-order valence-corrected chi connectivity index (χ2v) is 6.08. The maximum absolute atomic E-state index is 12.2. The van der Waals surface area contributed by atoms with Gasteiger partial charge in [-0.25, -0.2) is 4.68 Å². The molecule has 1 heterocycles. The van der Waals surface area contributed by atoms with Crippen LogP contribution in [0, 0.1) is 0 Å². The SMILES string of the molecule is CC(C)(C)n1cc(C(=O)NCc2ccccc2OCCO)nn1. The summed E-state index contributed by atoms with van der Waals surface area (Å²) < 4.78 is 7.09. The number of ether oxygens (including phenoxy) is 1. The van der Waals surface area contributed by atoms with Crippen molar-refractivity contribution < 1.29 is 14.6 Å². The van der Waals surface area contributed by atoms with Crippen LogP contribution in [0.25, 0.3) is 0 Å². The summed E-state index contributed by atoms with van der Waals surface area (Å²) in [7, 11) is 0. The molecule has 0 fully saturated rings. The van der Waals surface area contributed by atoms with Crippen LogP contribution in [0.4, 0.5) is 0 Å². The number of hydrogen-bond donors (Lipinski definition) is 2. The first kappa shape index (κ1) is 17.0. The first-order valence-electron chi connectivity index (χ1n) is 7.44. The van der Waals surface area contributed by atoms with Gasteiger partial charge in [0.25, 0.3) is 5.91 Å². The number of aromatic nitrogens is 3. The van der Waals surface area contributed by atoms with Gasteiger partial charge in [0.1, 0.15) is 12.4 Å². The first-order valence-corrected chi connectivity index (χ1v) is 7.44. The molecular formula is C16H22N4O3. The molecule has 0 aliphatic carbocycles. The minimum Gasteiger partial charge on any atom is -0.491 e. The molecule has 1 aromatic carbocycles. The lowest BCUT2D eigenvalue weighted by Gasteiger charge is -2.17. The number of carbonyl (C=O) groups excluding carboxylic acids is 1. The smallest absolute Gasteiger partial charge is 0.273 e. The molecule has 0 spiro atoms. The molecule has 1 amide bonds. The molecule has 2 N–H and O–H groups in total. The van der Waals surface area contributed by atoms with Crippen molar-refractivity contribution in [3.8, 4) is 5.75 Å². The monoisotopic (exact) mass is 318 g/mol. The summed E-state index contributed by atoms with van der Waals surface area (Å²) in [4.78, 5) is 12.2. The predicted octanol–water partition coefficient (Wildman–Crippen LogP) is 1.33. The maximum atomic E-state index is 12.2. The lowest BCUT2D eigenvalue weighted by molar-refractivity contribution is 0.0945. The molecule has 0 aliphatic rings. The molecule has 0 aliphatic heterocycles. The van der Waals surface area contributed by atoms with E-state index in [9.17, 15) is 4.79 Å². The Morgan fingerprint density at radius 1 is 1.35 bits per heavy atom. The fraction of sp³-hybridized carbons (Fsp3) is 0.438. The topological polar surface area (TPSA) is 89.3 Å². The number of carbonyl (C=O) groups is 1. The molecule has 2 aromatic rings. The van der Waals surface area contributed by atoms with Gasteiger partial charge in [-0.15, -0.1) is 5.10 Å². The Morgan fingerprint density at radius 3 is 2.74 bits per heavy atom. The fourth-order valence-electron chi connectivity index (χ4n) is 1.91. The van der Waals surface area contributed by atoms with Crippen molar-refractivity contribution in [2.45, 2.75) is 32.9 Å². The Balaban J connectivity index is 2.01. The molecule has 0 atom stereocenters. The van der Waals surface area contributed by atoms with Crippen molar-refractivity contribution in [2.75, 3.05) is 13.2 Å². The average molecular weight is 318 g/mol. The number of nitrogens with one attached hydrogen (secondary N) is 1. The highest BCUT2D eigenvalue weighted by Crippen LogP contribution is 2.18. The summed E-state index contributed by atoms with van der Waals surface area (Å²) >= 11 is 0. The average Bonchev–Trinajstić information content (AvgIpc) is 3.01. The fourth-order valence-corrected chi connectivity index (χ4v) is 1.91. The lowest BCUT2D eigenvalue weighted by atomic mass is 10.1. The number of aliphatic hydroxyl groups excluding tert-OH is 1. The summed E-state index contributed by atoms with van der Waals surface area (Å²) in [5.41, 5.74) is 0.877. The van der Waals surface area contributed by atoms with Gasteiger partial charge in [0.15, 0.2) is 5.69 Å². The van der Waals surface area contributed by atoms with E-state index in [4.69, 9.17) is 9.84 Å². The van der Waals surface area contributed by atoms with Crippen LogP contribution in [0.5, 0.6) is 5.75 Å². The van der Waals surface area contributed by atoms with E-state index in [0.29, 0.717) is 12.3 Å². The number of aliphatic hydroxyl groups is 1. The van der Waals surface area contributed by atoms with Gasteiger partial charge in [0.05, 0.1) is 18.3 Å². The molecule has 7 heteroatoms. The summed E-state index contributed by atoms with van der Waals surface area (Å²) in [6, 6.07) is 7.36. The van der Waals surface area contributed by atoms with Crippen LogP contribution in [0.2, 0.25) is 0 Å². The molecule has 0 saturated heterocycles. The zero-order chi connectivity index (χ0) is 16.9. The van der Waals surface area contributed by atoms with Crippen LogP contribution >= 0.6 is 0 Å². The molecule has 1 aromatic heterocycles. The highest BCUT2D eigenvalue weighted by molar-refractivity contribution is 5.91. The second-order valence-electron chi connectivity index (χ2n) is 6.08. The second kappa shape index (κ2) is 7.23. The van der Waals surface area contributed by atoms with E-state index in [2.05, 4.69) is 15.6 Å². The van der Waals surface area contributed by atoms with E-state index < -0.39 is 0 Å². The minimum atomic E-state index is -0.294. The number of amides is 1. The Bertz CT molecular complexity index is 661. The van der Waals surface area contributed by atoms with Crippen LogP contribution in [0.3, 0.4) is 0 Å². The standard InChI is InChI=1S/C16H22N4O3/c1-16(2,3)20-11-13(18-19-20)15(22)17-10-12-6-4-5-7-14(12)23-9-8-21/h4-7,11,21H,8-10H2,1-3H3,(H,17,22). The third-order valence-electron chi connectivity index (χ3n) is 3.17. The van der Waals surface area contributed by atoms with E-state index in [-0.39, 0.29) is 30.4 Å². The normalized spacial score (nSPS) is 11.3. The molecule has 0 radical (unpaired) electrons. The van der Waals surface area contributed by atoms with E-state index in [1.54, 1.807) is 16.9 Å². The molecule has 23 heavy (non-hydrogen) atoms. The summed E-state index contributed by atoms with van der Waals surface area (Å²) in [5, 5.41) is 19.5. The zero-order valence-electron chi connectivity index (χ0n) is 13.6. The largest absolute Gasteiger partial charge is 0.491 e. The van der Waals surface area contributed by atoms with Crippen LogP contribution in [0.1, 0.15) is 36.8 Å². The van der Waals surface area contributed by atoms with Gasteiger partial charge in [0, 0.05) is 12.1 Å². The van der Waals surface area contributed by atoms with Gasteiger partial charge in [-0.3, -0.25) is 4.79 Å². The van der Waals surface area contributed by atoms with Crippen molar-refractivity contribution in [3.05, 3.63) is 41.7 Å². The third kappa shape index (κ3) is 4.53. The van der Waals surface area contributed by atoms with Crippen LogP contribution in [-0.2, 0) is 12.1 Å². The molecule has 0 bridgehead atoms. The van der Waals surface area contributed by atoms with E-state index >= 15 is 0 Å². The van der Waals surface area contributed by atoms with Crippen molar-refractivity contribution >= 4 is 5.91 Å². The van der Waals surface area contributed by atoms with E-state index in [0.717, 1.165) is 5.56 Å². The molecule has 2 rings (SSSR count). The summed E-state index contributed by atoms with van der Waals surface area (Å²) in [6.45, 7) is 6.42.